The van der Waals surface area contributed by atoms with E-state index in [1.165, 1.54) is 14.2 Å². The largest absolute Gasteiger partial charge is 0.493 e. The zero-order valence-corrected chi connectivity index (χ0v) is 32.5. The van der Waals surface area contributed by atoms with Crippen LogP contribution in [0.4, 0.5) is 0 Å². The Labute approximate surface area is 303 Å². The SMILES string of the molecule is COc1cc(/C(C)=C(\C)C(=O)CC(=O)/C(C)=C(\C)c2ccc(OCCCC(=O)OC(C)(C)C)c(OC)c2)ccc1OCCCC(=O)OC(C)(C)C. The fraction of sp³-hybridized carbons (Fsp3) is 0.512. The van der Waals surface area contributed by atoms with E-state index in [4.69, 9.17) is 28.4 Å². The van der Waals surface area contributed by atoms with Gasteiger partial charge in [0.25, 0.3) is 0 Å². The van der Waals surface area contributed by atoms with Crippen molar-refractivity contribution < 1.29 is 47.6 Å². The first-order valence-electron chi connectivity index (χ1n) is 17.2. The third-order valence-electron chi connectivity index (χ3n) is 7.88. The molecule has 0 saturated carbocycles. The van der Waals surface area contributed by atoms with Crippen LogP contribution >= 0.6 is 0 Å². The highest BCUT2D eigenvalue weighted by molar-refractivity contribution is 6.16. The third-order valence-corrected chi connectivity index (χ3v) is 7.88. The lowest BCUT2D eigenvalue weighted by molar-refractivity contribution is -0.156. The van der Waals surface area contributed by atoms with Gasteiger partial charge in [0.05, 0.1) is 33.9 Å². The number of methoxy groups -OCH3 is 2. The van der Waals surface area contributed by atoms with Crippen molar-refractivity contribution in [1.82, 2.24) is 0 Å². The van der Waals surface area contributed by atoms with Gasteiger partial charge in [-0.25, -0.2) is 0 Å². The molecule has 51 heavy (non-hydrogen) atoms. The summed E-state index contributed by atoms with van der Waals surface area (Å²) < 4.78 is 33.5. The monoisotopic (exact) mass is 708 g/mol. The zero-order valence-electron chi connectivity index (χ0n) is 32.5. The summed E-state index contributed by atoms with van der Waals surface area (Å²) in [5, 5.41) is 0. The van der Waals surface area contributed by atoms with E-state index in [0.717, 1.165) is 11.1 Å². The first-order chi connectivity index (χ1) is 23.8. The van der Waals surface area contributed by atoms with E-state index in [-0.39, 0.29) is 42.8 Å². The van der Waals surface area contributed by atoms with Crippen molar-refractivity contribution >= 4 is 34.7 Å². The van der Waals surface area contributed by atoms with E-state index in [9.17, 15) is 19.2 Å². The summed E-state index contributed by atoms with van der Waals surface area (Å²) in [5.74, 6) is 0.895. The van der Waals surface area contributed by atoms with Crippen LogP contribution in [0.1, 0.15) is 112 Å². The van der Waals surface area contributed by atoms with Crippen LogP contribution in [0.2, 0.25) is 0 Å². The Kier molecular flexibility index (Phi) is 16.0. The van der Waals surface area contributed by atoms with E-state index < -0.39 is 11.2 Å². The maximum atomic E-state index is 13.3. The van der Waals surface area contributed by atoms with Gasteiger partial charge in [-0.2, -0.15) is 0 Å². The number of ketones is 2. The van der Waals surface area contributed by atoms with Gasteiger partial charge in [0.15, 0.2) is 34.6 Å². The van der Waals surface area contributed by atoms with Gasteiger partial charge in [0, 0.05) is 12.8 Å². The Morgan fingerprint density at radius 1 is 0.549 bits per heavy atom. The number of ether oxygens (including phenoxy) is 6. The summed E-state index contributed by atoms with van der Waals surface area (Å²) >= 11 is 0. The molecule has 0 aliphatic rings. The van der Waals surface area contributed by atoms with Crippen molar-refractivity contribution in [2.24, 2.45) is 0 Å². The molecule has 0 spiro atoms. The lowest BCUT2D eigenvalue weighted by Gasteiger charge is -2.19. The average molecular weight is 709 g/mol. The minimum atomic E-state index is -0.531. The first-order valence-corrected chi connectivity index (χ1v) is 17.2. The Bertz CT molecular complexity index is 1500. The minimum Gasteiger partial charge on any atom is -0.493 e. The van der Waals surface area contributed by atoms with Gasteiger partial charge in [-0.05, 0) is 140 Å². The topological polar surface area (TPSA) is 124 Å². The van der Waals surface area contributed by atoms with Crippen molar-refractivity contribution in [3.8, 4) is 23.0 Å². The van der Waals surface area contributed by atoms with Crippen LogP contribution in [0.25, 0.3) is 11.1 Å². The Balaban J connectivity index is 2.06. The van der Waals surface area contributed by atoms with Crippen LogP contribution in [0, 0.1) is 0 Å². The highest BCUT2D eigenvalue weighted by Crippen LogP contribution is 2.34. The van der Waals surface area contributed by atoms with Gasteiger partial charge in [-0.15, -0.1) is 0 Å². The smallest absolute Gasteiger partial charge is 0.306 e. The molecule has 280 valence electrons. The molecule has 2 rings (SSSR count). The molecule has 2 aromatic rings. The molecule has 0 atom stereocenters. The second-order valence-corrected chi connectivity index (χ2v) is 14.3. The lowest BCUT2D eigenvalue weighted by atomic mass is 9.93. The van der Waals surface area contributed by atoms with Gasteiger partial charge >= 0.3 is 11.9 Å². The van der Waals surface area contributed by atoms with Gasteiger partial charge in [-0.1, -0.05) is 12.1 Å². The van der Waals surface area contributed by atoms with Crippen molar-refractivity contribution in [3.63, 3.8) is 0 Å². The Morgan fingerprint density at radius 3 is 1.22 bits per heavy atom. The van der Waals surface area contributed by atoms with Crippen LogP contribution in [-0.2, 0) is 28.7 Å². The van der Waals surface area contributed by atoms with Crippen LogP contribution in [0.5, 0.6) is 23.0 Å². The van der Waals surface area contributed by atoms with Gasteiger partial charge in [0.1, 0.15) is 11.2 Å². The van der Waals surface area contributed by atoms with Crippen molar-refractivity contribution in [2.45, 2.75) is 113 Å². The molecule has 0 aromatic heterocycles. The van der Waals surface area contributed by atoms with Gasteiger partial charge in [0.2, 0.25) is 0 Å². The molecular formula is C41H56O10. The first kappa shape index (κ1) is 42.6. The number of hydrogen-bond donors (Lipinski definition) is 0. The molecule has 0 bridgehead atoms. The number of benzene rings is 2. The maximum Gasteiger partial charge on any atom is 0.306 e. The quantitative estimate of drug-likeness (QED) is 0.0644. The van der Waals surface area contributed by atoms with Crippen LogP contribution in [0.15, 0.2) is 47.5 Å². The van der Waals surface area contributed by atoms with E-state index in [1.807, 2.05) is 67.5 Å². The number of allylic oxidation sites excluding steroid dienone is 4. The molecule has 0 radical (unpaired) electrons. The number of hydrogen-bond acceptors (Lipinski definition) is 10. The van der Waals surface area contributed by atoms with Gasteiger partial charge < -0.3 is 28.4 Å². The second-order valence-electron chi connectivity index (χ2n) is 14.3. The fourth-order valence-electron chi connectivity index (χ4n) is 4.88. The van der Waals surface area contributed by atoms with E-state index in [1.54, 1.807) is 38.1 Å². The molecular weight excluding hydrogens is 652 g/mol. The molecule has 0 heterocycles. The van der Waals surface area contributed by atoms with Crippen molar-refractivity contribution in [3.05, 3.63) is 58.7 Å². The van der Waals surface area contributed by atoms with Crippen molar-refractivity contribution in [1.29, 1.82) is 0 Å². The summed E-state index contributed by atoms with van der Waals surface area (Å²) in [5.41, 5.74) is 2.82. The Morgan fingerprint density at radius 2 is 0.902 bits per heavy atom. The summed E-state index contributed by atoms with van der Waals surface area (Å²) in [6, 6.07) is 10.8. The molecule has 0 aliphatic carbocycles. The molecule has 0 N–H and O–H groups in total. The second kappa shape index (κ2) is 19.1. The third kappa shape index (κ3) is 14.3. The number of carbonyl (C=O) groups excluding carboxylic acids is 4. The number of esters is 2. The number of rotatable bonds is 18. The van der Waals surface area contributed by atoms with Crippen LogP contribution in [-0.4, -0.2) is 62.1 Å². The standard InChI is InChI=1S/C41H56O10/c1-26(30-17-19-34(36(23-30)46-11)48-21-13-15-38(44)50-40(5,6)7)28(3)32(42)25-33(43)29(4)27(2)31-18-20-35(37(24-31)47-12)49-22-14-16-39(45)51-41(8,9)10/h17-20,23-24H,13-16,21-22,25H2,1-12H3/b28-26+,29-27+. The number of Topliss-reactive ketones (excluding diaryl/α,β-unsaturated/α-hetero) is 2. The molecule has 0 unspecified atom stereocenters. The summed E-state index contributed by atoms with van der Waals surface area (Å²) in [4.78, 5) is 50.5. The molecule has 0 fully saturated rings. The Hall–Kier alpha value is -4.60. The molecule has 10 nitrogen and oxygen atoms in total. The van der Waals surface area contributed by atoms with E-state index >= 15 is 0 Å². The zero-order chi connectivity index (χ0) is 38.5. The molecule has 10 heteroatoms. The predicted molar refractivity (Wildman–Crippen MR) is 198 cm³/mol. The van der Waals surface area contributed by atoms with Crippen molar-refractivity contribution in [2.75, 3.05) is 27.4 Å². The normalized spacial score (nSPS) is 12.6. The average Bonchev–Trinajstić information content (AvgIpc) is 3.05. The van der Waals surface area contributed by atoms with Crippen LogP contribution in [0.3, 0.4) is 0 Å². The van der Waals surface area contributed by atoms with Gasteiger partial charge in [-0.3, -0.25) is 19.2 Å². The summed E-state index contributed by atoms with van der Waals surface area (Å²) in [6.45, 7) is 18.6. The number of carbonyl (C=O) groups is 4. The molecule has 0 saturated heterocycles. The summed E-state index contributed by atoms with van der Waals surface area (Å²) in [7, 11) is 3.07. The van der Waals surface area contributed by atoms with E-state index in [2.05, 4.69) is 0 Å². The highest BCUT2D eigenvalue weighted by atomic mass is 16.6. The summed E-state index contributed by atoms with van der Waals surface area (Å²) in [6.07, 6.45) is 1.17. The molecule has 0 aliphatic heterocycles. The molecule has 2 aromatic carbocycles. The predicted octanol–water partition coefficient (Wildman–Crippen LogP) is 8.52. The fourth-order valence-corrected chi connectivity index (χ4v) is 4.88. The molecule has 0 amide bonds. The highest BCUT2D eigenvalue weighted by Gasteiger charge is 2.20. The van der Waals surface area contributed by atoms with E-state index in [0.29, 0.717) is 71.3 Å². The lowest BCUT2D eigenvalue weighted by Crippen LogP contribution is -2.24. The maximum absolute atomic E-state index is 13.3. The van der Waals surface area contributed by atoms with Crippen LogP contribution < -0.4 is 18.9 Å². The minimum absolute atomic E-state index is 0.239.